The van der Waals surface area contributed by atoms with Crippen molar-refractivity contribution in [1.29, 1.82) is 0 Å². The summed E-state index contributed by atoms with van der Waals surface area (Å²) in [4.78, 5) is 0. The molecule has 1 heterocycles. The van der Waals surface area contributed by atoms with Crippen molar-refractivity contribution < 1.29 is 0 Å². The second kappa shape index (κ2) is 5.16. The summed E-state index contributed by atoms with van der Waals surface area (Å²) in [5.74, 6) is 0. The zero-order valence-electron chi connectivity index (χ0n) is 10.9. The first-order chi connectivity index (χ1) is 9.58. The number of nitrogens with one attached hydrogen (secondary N) is 2. The molecule has 2 aromatic carbocycles. The second-order valence-electron chi connectivity index (χ2n) is 4.84. The van der Waals surface area contributed by atoms with Gasteiger partial charge in [0.25, 0.3) is 0 Å². The molecule has 20 heavy (non-hydrogen) atoms. The van der Waals surface area contributed by atoms with Crippen LogP contribution in [0.15, 0.2) is 59.1 Å². The predicted octanol–water partition coefficient (Wildman–Crippen LogP) is 3.52. The zero-order chi connectivity index (χ0) is 14.2. The molecule has 1 atom stereocenters. The van der Waals surface area contributed by atoms with Gasteiger partial charge in [0.2, 0.25) is 0 Å². The zero-order valence-corrected chi connectivity index (χ0v) is 13.3. The van der Waals surface area contributed by atoms with Gasteiger partial charge in [-0.1, -0.05) is 46.3 Å². The molecule has 102 valence electrons. The highest BCUT2D eigenvalue weighted by atomic mass is 79.9. The van der Waals surface area contributed by atoms with Crippen LogP contribution in [0.3, 0.4) is 0 Å². The Labute approximate surface area is 132 Å². The van der Waals surface area contributed by atoms with E-state index in [1.807, 2.05) is 47.5 Å². The number of thiocarbonyl (C=S) groups is 1. The molecule has 0 aliphatic carbocycles. The summed E-state index contributed by atoms with van der Waals surface area (Å²) in [6.07, 6.45) is 0. The number of anilines is 1. The molecule has 2 N–H and O–H groups in total. The van der Waals surface area contributed by atoms with Gasteiger partial charge >= 0.3 is 0 Å². The lowest BCUT2D eigenvalue weighted by atomic mass is 10.0. The summed E-state index contributed by atoms with van der Waals surface area (Å²) in [7, 11) is 0. The Bertz CT molecular complexity index is 629. The molecular weight excluding hydrogens is 334 g/mol. The van der Waals surface area contributed by atoms with Crippen molar-refractivity contribution in [2.45, 2.75) is 12.6 Å². The molecule has 0 radical (unpaired) electrons. The van der Waals surface area contributed by atoms with Crippen LogP contribution < -0.4 is 15.8 Å². The maximum Gasteiger partial charge on any atom is 0.190 e. The van der Waals surface area contributed by atoms with E-state index in [-0.39, 0.29) is 0 Å². The molecule has 1 aliphatic rings. The number of benzene rings is 2. The fourth-order valence-corrected chi connectivity index (χ4v) is 2.87. The molecule has 2 aromatic rings. The minimum absolute atomic E-state index is 0.397. The van der Waals surface area contributed by atoms with E-state index < -0.39 is 5.66 Å². The lowest BCUT2D eigenvalue weighted by Crippen LogP contribution is -2.45. The average Bonchev–Trinajstić information content (AvgIpc) is 2.77. The summed E-state index contributed by atoms with van der Waals surface area (Å²) in [5.41, 5.74) is 5.18. The SMILES string of the molecule is C[C@@]1(c2ccccc2)NC(=S)N(c2ccc(Br)cc2)N1. The highest BCUT2D eigenvalue weighted by Crippen LogP contribution is 2.27. The fourth-order valence-electron chi connectivity index (χ4n) is 2.25. The van der Waals surface area contributed by atoms with E-state index in [0.717, 1.165) is 15.7 Å². The molecule has 1 saturated heterocycles. The summed E-state index contributed by atoms with van der Waals surface area (Å²) in [5, 5.41) is 5.91. The number of hydrogen-bond acceptors (Lipinski definition) is 2. The molecule has 1 aliphatic heterocycles. The van der Waals surface area contributed by atoms with E-state index in [0.29, 0.717) is 5.11 Å². The Balaban J connectivity index is 1.90. The molecule has 0 amide bonds. The molecule has 5 heteroatoms. The summed E-state index contributed by atoms with van der Waals surface area (Å²) >= 11 is 8.89. The smallest absolute Gasteiger partial charge is 0.190 e. The van der Waals surface area contributed by atoms with E-state index in [1.165, 1.54) is 0 Å². The van der Waals surface area contributed by atoms with Crippen molar-refractivity contribution in [2.75, 3.05) is 5.01 Å². The topological polar surface area (TPSA) is 27.3 Å². The summed E-state index contributed by atoms with van der Waals surface area (Å²) in [6.45, 7) is 2.08. The van der Waals surface area contributed by atoms with E-state index >= 15 is 0 Å². The molecule has 3 rings (SSSR count). The summed E-state index contributed by atoms with van der Waals surface area (Å²) in [6, 6.07) is 18.2. The lowest BCUT2D eigenvalue weighted by molar-refractivity contribution is 0.389. The van der Waals surface area contributed by atoms with Gasteiger partial charge in [0.05, 0.1) is 5.69 Å². The normalized spacial score (nSPS) is 21.9. The van der Waals surface area contributed by atoms with Crippen LogP contribution in [0.4, 0.5) is 5.69 Å². The highest BCUT2D eigenvalue weighted by Gasteiger charge is 2.37. The van der Waals surface area contributed by atoms with Crippen LogP contribution in [0.5, 0.6) is 0 Å². The third kappa shape index (κ3) is 2.44. The Hall–Kier alpha value is -1.43. The Morgan fingerprint density at radius 2 is 1.70 bits per heavy atom. The maximum atomic E-state index is 5.44. The van der Waals surface area contributed by atoms with Crippen molar-refractivity contribution in [3.05, 3.63) is 64.6 Å². The third-order valence-electron chi connectivity index (χ3n) is 3.33. The first kappa shape index (κ1) is 13.5. The Morgan fingerprint density at radius 3 is 2.35 bits per heavy atom. The predicted molar refractivity (Wildman–Crippen MR) is 89.3 cm³/mol. The molecule has 1 fully saturated rings. The van der Waals surface area contributed by atoms with Gasteiger partial charge in [0.1, 0.15) is 5.66 Å². The van der Waals surface area contributed by atoms with Crippen LogP contribution in [0, 0.1) is 0 Å². The van der Waals surface area contributed by atoms with Crippen molar-refractivity contribution in [3.63, 3.8) is 0 Å². The van der Waals surface area contributed by atoms with Crippen molar-refractivity contribution in [2.24, 2.45) is 0 Å². The van der Waals surface area contributed by atoms with Gasteiger partial charge in [-0.2, -0.15) is 5.43 Å². The van der Waals surface area contributed by atoms with Crippen LogP contribution in [-0.4, -0.2) is 5.11 Å². The number of hydrogen-bond donors (Lipinski definition) is 2. The number of hydrazine groups is 1. The third-order valence-corrected chi connectivity index (χ3v) is 4.14. The monoisotopic (exact) mass is 347 g/mol. The standard InChI is InChI=1S/C15H14BrN3S/c1-15(11-5-3-2-4-6-11)17-14(20)19(18-15)13-9-7-12(16)8-10-13/h2-10,18H,1H3,(H,17,20)/t15-/m1/s1. The molecule has 3 nitrogen and oxygen atoms in total. The molecule has 0 spiro atoms. The fraction of sp³-hybridized carbons (Fsp3) is 0.133. The van der Waals surface area contributed by atoms with Gasteiger partial charge in [0, 0.05) is 4.47 Å². The van der Waals surface area contributed by atoms with E-state index in [1.54, 1.807) is 0 Å². The van der Waals surface area contributed by atoms with Crippen LogP contribution in [0.1, 0.15) is 12.5 Å². The van der Waals surface area contributed by atoms with Gasteiger partial charge in [-0.25, -0.2) is 5.01 Å². The van der Waals surface area contributed by atoms with E-state index in [9.17, 15) is 0 Å². The van der Waals surface area contributed by atoms with Gasteiger partial charge < -0.3 is 5.32 Å². The van der Waals surface area contributed by atoms with Crippen molar-refractivity contribution >= 4 is 38.9 Å². The number of nitrogens with zero attached hydrogens (tertiary/aromatic N) is 1. The lowest BCUT2D eigenvalue weighted by Gasteiger charge is -2.26. The summed E-state index contributed by atoms with van der Waals surface area (Å²) < 4.78 is 1.05. The second-order valence-corrected chi connectivity index (χ2v) is 6.15. The molecule has 0 saturated carbocycles. The Kier molecular flexibility index (Phi) is 3.50. The van der Waals surface area contributed by atoms with E-state index in [4.69, 9.17) is 12.2 Å². The minimum atomic E-state index is -0.397. The van der Waals surface area contributed by atoms with Gasteiger partial charge in [0.15, 0.2) is 5.11 Å². The quantitative estimate of drug-likeness (QED) is 0.812. The van der Waals surface area contributed by atoms with Crippen molar-refractivity contribution in [3.8, 4) is 0 Å². The number of halogens is 1. The van der Waals surface area contributed by atoms with Gasteiger partial charge in [-0.05, 0) is 49.0 Å². The molecule has 0 bridgehead atoms. The van der Waals surface area contributed by atoms with Crippen LogP contribution in [-0.2, 0) is 5.66 Å². The van der Waals surface area contributed by atoms with Crippen LogP contribution in [0.2, 0.25) is 0 Å². The van der Waals surface area contributed by atoms with Crippen molar-refractivity contribution in [1.82, 2.24) is 10.7 Å². The van der Waals surface area contributed by atoms with Crippen LogP contribution >= 0.6 is 28.1 Å². The average molecular weight is 348 g/mol. The largest absolute Gasteiger partial charge is 0.338 e. The minimum Gasteiger partial charge on any atom is -0.338 e. The molecular formula is C15H14BrN3S. The molecule has 0 aromatic heterocycles. The highest BCUT2D eigenvalue weighted by molar-refractivity contribution is 9.10. The van der Waals surface area contributed by atoms with Gasteiger partial charge in [-0.15, -0.1) is 0 Å². The first-order valence-electron chi connectivity index (χ1n) is 6.30. The molecule has 0 unspecified atom stereocenters. The van der Waals surface area contributed by atoms with Gasteiger partial charge in [-0.3, -0.25) is 0 Å². The van der Waals surface area contributed by atoms with Crippen LogP contribution in [0.25, 0.3) is 0 Å². The number of rotatable bonds is 2. The maximum absolute atomic E-state index is 5.44. The Morgan fingerprint density at radius 1 is 1.05 bits per heavy atom. The first-order valence-corrected chi connectivity index (χ1v) is 7.50. The van der Waals surface area contributed by atoms with E-state index in [2.05, 4.69) is 45.7 Å².